The summed E-state index contributed by atoms with van der Waals surface area (Å²) >= 11 is 3.39. The van der Waals surface area contributed by atoms with Crippen LogP contribution in [0, 0.1) is 6.92 Å². The SMILES string of the molecule is Cc1c(Br)cccc1C(=O)NCCCCC(N)=O. The van der Waals surface area contributed by atoms with Crippen molar-refractivity contribution in [1.82, 2.24) is 5.32 Å². The van der Waals surface area contributed by atoms with Crippen molar-refractivity contribution in [2.24, 2.45) is 5.73 Å². The predicted molar refractivity (Wildman–Crippen MR) is 74.3 cm³/mol. The molecular formula is C13H17BrN2O2. The van der Waals surface area contributed by atoms with E-state index >= 15 is 0 Å². The molecule has 4 nitrogen and oxygen atoms in total. The van der Waals surface area contributed by atoms with Crippen molar-refractivity contribution in [2.75, 3.05) is 6.54 Å². The predicted octanol–water partition coefficient (Wildman–Crippen LogP) is 2.14. The van der Waals surface area contributed by atoms with Gasteiger partial charge in [-0.25, -0.2) is 0 Å². The van der Waals surface area contributed by atoms with Crippen molar-refractivity contribution in [1.29, 1.82) is 0 Å². The summed E-state index contributed by atoms with van der Waals surface area (Å²) in [5.74, 6) is -0.392. The van der Waals surface area contributed by atoms with Crippen molar-refractivity contribution in [3.05, 3.63) is 33.8 Å². The Kier molecular flexibility index (Phi) is 5.85. The van der Waals surface area contributed by atoms with E-state index in [-0.39, 0.29) is 11.8 Å². The molecule has 0 saturated heterocycles. The van der Waals surface area contributed by atoms with Gasteiger partial charge in [0.05, 0.1) is 0 Å². The topological polar surface area (TPSA) is 72.2 Å². The van der Waals surface area contributed by atoms with Gasteiger partial charge in [0.25, 0.3) is 5.91 Å². The third-order valence-corrected chi connectivity index (χ3v) is 3.51. The number of primary amides is 1. The number of rotatable bonds is 6. The maximum atomic E-state index is 11.9. The van der Waals surface area contributed by atoms with Gasteiger partial charge in [-0.2, -0.15) is 0 Å². The maximum absolute atomic E-state index is 11.9. The fourth-order valence-corrected chi connectivity index (χ4v) is 1.94. The van der Waals surface area contributed by atoms with Gasteiger partial charge in [0.1, 0.15) is 0 Å². The Balaban J connectivity index is 2.41. The van der Waals surface area contributed by atoms with Crippen LogP contribution in [0.2, 0.25) is 0 Å². The first-order chi connectivity index (χ1) is 8.52. The molecule has 1 aromatic carbocycles. The Morgan fingerprint density at radius 2 is 2.06 bits per heavy atom. The molecule has 98 valence electrons. The molecule has 0 aliphatic carbocycles. The minimum Gasteiger partial charge on any atom is -0.370 e. The number of carbonyl (C=O) groups excluding carboxylic acids is 2. The summed E-state index contributed by atoms with van der Waals surface area (Å²) in [7, 11) is 0. The summed E-state index contributed by atoms with van der Waals surface area (Å²) in [6.07, 6.45) is 1.82. The molecule has 0 spiro atoms. The minimum absolute atomic E-state index is 0.0899. The lowest BCUT2D eigenvalue weighted by Crippen LogP contribution is -2.25. The monoisotopic (exact) mass is 312 g/mol. The van der Waals surface area contributed by atoms with Crippen LogP contribution in [-0.4, -0.2) is 18.4 Å². The van der Waals surface area contributed by atoms with E-state index in [1.54, 1.807) is 6.07 Å². The fourth-order valence-electron chi connectivity index (χ4n) is 1.57. The molecule has 0 saturated carbocycles. The van der Waals surface area contributed by atoms with Crippen LogP contribution in [-0.2, 0) is 4.79 Å². The van der Waals surface area contributed by atoms with Crippen molar-refractivity contribution in [3.63, 3.8) is 0 Å². The summed E-state index contributed by atoms with van der Waals surface area (Å²) in [6, 6.07) is 5.52. The van der Waals surface area contributed by atoms with Crippen molar-refractivity contribution >= 4 is 27.7 Å². The zero-order chi connectivity index (χ0) is 13.5. The van der Waals surface area contributed by atoms with Gasteiger partial charge in [0.2, 0.25) is 5.91 Å². The highest BCUT2D eigenvalue weighted by Crippen LogP contribution is 2.19. The summed E-state index contributed by atoms with van der Waals surface area (Å²) in [5, 5.41) is 2.83. The highest BCUT2D eigenvalue weighted by molar-refractivity contribution is 9.10. The second kappa shape index (κ2) is 7.16. The van der Waals surface area contributed by atoms with Gasteiger partial charge in [-0.3, -0.25) is 9.59 Å². The molecule has 0 aromatic heterocycles. The smallest absolute Gasteiger partial charge is 0.251 e. The largest absolute Gasteiger partial charge is 0.370 e. The third-order valence-electron chi connectivity index (χ3n) is 2.65. The molecule has 0 atom stereocenters. The highest BCUT2D eigenvalue weighted by Gasteiger charge is 2.09. The average molecular weight is 313 g/mol. The van der Waals surface area contributed by atoms with Gasteiger partial charge >= 0.3 is 0 Å². The van der Waals surface area contributed by atoms with Gasteiger partial charge in [0.15, 0.2) is 0 Å². The normalized spacial score (nSPS) is 10.1. The Hall–Kier alpha value is -1.36. The maximum Gasteiger partial charge on any atom is 0.251 e. The molecule has 1 rings (SSSR count). The van der Waals surface area contributed by atoms with Crippen LogP contribution in [0.25, 0.3) is 0 Å². The lowest BCUT2D eigenvalue weighted by atomic mass is 10.1. The van der Waals surface area contributed by atoms with E-state index in [4.69, 9.17) is 5.73 Å². The molecule has 0 heterocycles. The molecule has 0 radical (unpaired) electrons. The molecule has 0 unspecified atom stereocenters. The lowest BCUT2D eigenvalue weighted by molar-refractivity contribution is -0.118. The zero-order valence-electron chi connectivity index (χ0n) is 10.3. The van der Waals surface area contributed by atoms with Crippen LogP contribution in [0.1, 0.15) is 35.2 Å². The standard InChI is InChI=1S/C13H17BrN2O2/c1-9-10(5-4-6-11(9)14)13(18)16-8-3-2-7-12(15)17/h4-6H,2-3,7-8H2,1H3,(H2,15,17)(H,16,18). The summed E-state index contributed by atoms with van der Waals surface area (Å²) in [5.41, 5.74) is 6.62. The number of nitrogens with two attached hydrogens (primary N) is 1. The van der Waals surface area contributed by atoms with Gasteiger partial charge in [0, 0.05) is 23.0 Å². The van der Waals surface area contributed by atoms with E-state index in [1.165, 1.54) is 0 Å². The van der Waals surface area contributed by atoms with Gasteiger partial charge in [-0.05, 0) is 37.5 Å². The molecule has 0 aliphatic heterocycles. The molecule has 0 aliphatic rings. The Labute approximate surface area is 115 Å². The Morgan fingerprint density at radius 1 is 1.33 bits per heavy atom. The first-order valence-corrected chi connectivity index (χ1v) is 6.63. The molecule has 0 bridgehead atoms. The van der Waals surface area contributed by atoms with Crippen LogP contribution in [0.3, 0.4) is 0 Å². The van der Waals surface area contributed by atoms with E-state index in [1.807, 2.05) is 19.1 Å². The highest BCUT2D eigenvalue weighted by atomic mass is 79.9. The van der Waals surface area contributed by atoms with Gasteiger partial charge < -0.3 is 11.1 Å². The third kappa shape index (κ3) is 4.49. The number of hydrogen-bond acceptors (Lipinski definition) is 2. The summed E-state index contributed by atoms with van der Waals surface area (Å²) in [4.78, 5) is 22.4. The summed E-state index contributed by atoms with van der Waals surface area (Å²) in [6.45, 7) is 2.45. The lowest BCUT2D eigenvalue weighted by Gasteiger charge is -2.08. The van der Waals surface area contributed by atoms with Crippen molar-refractivity contribution in [3.8, 4) is 0 Å². The second-order valence-electron chi connectivity index (χ2n) is 4.09. The number of unbranched alkanes of at least 4 members (excludes halogenated alkanes) is 1. The molecule has 0 fully saturated rings. The van der Waals surface area contributed by atoms with E-state index in [0.29, 0.717) is 24.9 Å². The quantitative estimate of drug-likeness (QED) is 0.790. The van der Waals surface area contributed by atoms with Crippen LogP contribution in [0.15, 0.2) is 22.7 Å². The molecule has 1 aromatic rings. The Bertz CT molecular complexity index is 447. The average Bonchev–Trinajstić information content (AvgIpc) is 2.31. The molecule has 3 N–H and O–H groups in total. The van der Waals surface area contributed by atoms with E-state index in [0.717, 1.165) is 16.5 Å². The Morgan fingerprint density at radius 3 is 2.72 bits per heavy atom. The van der Waals surface area contributed by atoms with Gasteiger partial charge in [-0.1, -0.05) is 22.0 Å². The number of halogens is 1. The molecule has 18 heavy (non-hydrogen) atoms. The van der Waals surface area contributed by atoms with E-state index in [9.17, 15) is 9.59 Å². The van der Waals surface area contributed by atoms with E-state index < -0.39 is 0 Å². The van der Waals surface area contributed by atoms with Crippen LogP contribution in [0.4, 0.5) is 0 Å². The summed E-state index contributed by atoms with van der Waals surface area (Å²) < 4.78 is 0.920. The fraction of sp³-hybridized carbons (Fsp3) is 0.385. The number of nitrogens with one attached hydrogen (secondary N) is 1. The van der Waals surface area contributed by atoms with Gasteiger partial charge in [-0.15, -0.1) is 0 Å². The number of carbonyl (C=O) groups is 2. The first kappa shape index (κ1) is 14.7. The van der Waals surface area contributed by atoms with E-state index in [2.05, 4.69) is 21.2 Å². The van der Waals surface area contributed by atoms with Crippen LogP contribution < -0.4 is 11.1 Å². The minimum atomic E-state index is -0.302. The van der Waals surface area contributed by atoms with Crippen molar-refractivity contribution in [2.45, 2.75) is 26.2 Å². The van der Waals surface area contributed by atoms with Crippen molar-refractivity contribution < 1.29 is 9.59 Å². The molecule has 2 amide bonds. The number of hydrogen-bond donors (Lipinski definition) is 2. The first-order valence-electron chi connectivity index (χ1n) is 5.84. The number of benzene rings is 1. The molecule has 5 heteroatoms. The zero-order valence-corrected chi connectivity index (χ0v) is 11.9. The van der Waals surface area contributed by atoms with Crippen LogP contribution >= 0.6 is 15.9 Å². The molecular weight excluding hydrogens is 296 g/mol. The second-order valence-corrected chi connectivity index (χ2v) is 4.95. The van der Waals surface area contributed by atoms with Crippen LogP contribution in [0.5, 0.6) is 0 Å². The number of amides is 2.